The Labute approximate surface area is 91.6 Å². The van der Waals surface area contributed by atoms with E-state index in [1.807, 2.05) is 13.8 Å². The third-order valence-corrected chi connectivity index (χ3v) is 4.15. The standard InChI is InChI=1S/C8H21N3O3Si/c1-3-13-15(12,14-4-2)7-5-6-11-8(9)10/h12H,3-7H2,1-2H3,(H4,9,10,11). The van der Waals surface area contributed by atoms with Crippen molar-refractivity contribution in [1.29, 1.82) is 0 Å². The van der Waals surface area contributed by atoms with Crippen LogP contribution in [0.4, 0.5) is 0 Å². The fourth-order valence-corrected chi connectivity index (χ4v) is 3.03. The number of aliphatic imine (C=N–C) groups is 1. The van der Waals surface area contributed by atoms with Gasteiger partial charge in [0.2, 0.25) is 0 Å². The molecule has 0 aliphatic heterocycles. The highest BCUT2D eigenvalue weighted by atomic mass is 28.4. The van der Waals surface area contributed by atoms with Crippen molar-refractivity contribution in [2.24, 2.45) is 16.5 Å². The van der Waals surface area contributed by atoms with Crippen molar-refractivity contribution < 1.29 is 13.6 Å². The molecule has 7 heteroatoms. The maximum atomic E-state index is 9.96. The molecule has 0 spiro atoms. The Hall–Kier alpha value is -0.633. The van der Waals surface area contributed by atoms with E-state index in [-0.39, 0.29) is 5.96 Å². The molecule has 90 valence electrons. The molecule has 0 heterocycles. The highest BCUT2D eigenvalue weighted by molar-refractivity contribution is 6.59. The lowest BCUT2D eigenvalue weighted by molar-refractivity contribution is 0.108. The maximum absolute atomic E-state index is 9.96. The van der Waals surface area contributed by atoms with Crippen molar-refractivity contribution >= 4 is 14.8 Å². The van der Waals surface area contributed by atoms with E-state index < -0.39 is 8.80 Å². The van der Waals surface area contributed by atoms with Crippen LogP contribution in [-0.2, 0) is 8.85 Å². The molecule has 0 aromatic heterocycles. The van der Waals surface area contributed by atoms with Crippen LogP contribution in [0.15, 0.2) is 4.99 Å². The van der Waals surface area contributed by atoms with Crippen LogP contribution < -0.4 is 11.5 Å². The van der Waals surface area contributed by atoms with Crippen molar-refractivity contribution in [2.45, 2.75) is 26.3 Å². The van der Waals surface area contributed by atoms with Gasteiger partial charge in [0.1, 0.15) is 0 Å². The second-order valence-electron chi connectivity index (χ2n) is 2.99. The zero-order valence-electron chi connectivity index (χ0n) is 9.40. The van der Waals surface area contributed by atoms with E-state index in [2.05, 4.69) is 4.99 Å². The van der Waals surface area contributed by atoms with Crippen LogP contribution in [0.5, 0.6) is 0 Å². The summed E-state index contributed by atoms with van der Waals surface area (Å²) in [5.74, 6) is 0.0630. The SMILES string of the molecule is CCO[Si](O)(CCCN=C(N)N)OCC. The Kier molecular flexibility index (Phi) is 7.31. The Morgan fingerprint density at radius 3 is 2.20 bits per heavy atom. The zero-order chi connectivity index (χ0) is 11.7. The molecule has 0 saturated heterocycles. The predicted octanol–water partition coefficient (Wildman–Crippen LogP) is -0.346. The van der Waals surface area contributed by atoms with Crippen molar-refractivity contribution in [3.8, 4) is 0 Å². The van der Waals surface area contributed by atoms with E-state index in [0.717, 1.165) is 0 Å². The molecule has 0 fully saturated rings. The average molecular weight is 235 g/mol. The molecule has 0 aliphatic carbocycles. The topological polar surface area (TPSA) is 103 Å². The molecule has 5 N–H and O–H groups in total. The molecular formula is C8H21N3O3Si. The van der Waals surface area contributed by atoms with E-state index in [9.17, 15) is 4.80 Å². The number of nitrogens with zero attached hydrogens (tertiary/aromatic N) is 1. The second-order valence-corrected chi connectivity index (χ2v) is 5.49. The summed E-state index contributed by atoms with van der Waals surface area (Å²) in [5, 5.41) is 0. The van der Waals surface area contributed by atoms with Gasteiger partial charge in [-0.15, -0.1) is 0 Å². The van der Waals surface area contributed by atoms with Crippen LogP contribution >= 0.6 is 0 Å². The smallest absolute Gasteiger partial charge is 0.390 e. The first-order chi connectivity index (χ1) is 7.04. The lowest BCUT2D eigenvalue weighted by atomic mass is 10.5. The number of nitrogens with two attached hydrogens (primary N) is 2. The van der Waals surface area contributed by atoms with Gasteiger partial charge >= 0.3 is 8.80 Å². The fourth-order valence-electron chi connectivity index (χ4n) is 1.15. The Bertz CT molecular complexity index is 192. The summed E-state index contributed by atoms with van der Waals surface area (Å²) in [5.41, 5.74) is 10.3. The van der Waals surface area contributed by atoms with Gasteiger partial charge < -0.3 is 25.1 Å². The highest BCUT2D eigenvalue weighted by Gasteiger charge is 2.35. The molecule has 6 nitrogen and oxygen atoms in total. The molecule has 0 saturated carbocycles. The fraction of sp³-hybridized carbons (Fsp3) is 0.875. The van der Waals surface area contributed by atoms with Crippen molar-refractivity contribution in [3.05, 3.63) is 0 Å². The van der Waals surface area contributed by atoms with E-state index in [1.165, 1.54) is 0 Å². The van der Waals surface area contributed by atoms with Crippen LogP contribution in [0.2, 0.25) is 6.04 Å². The van der Waals surface area contributed by atoms with Crippen LogP contribution in [0.3, 0.4) is 0 Å². The lowest BCUT2D eigenvalue weighted by Gasteiger charge is -2.22. The minimum Gasteiger partial charge on any atom is -0.390 e. The Balaban J connectivity index is 3.90. The lowest BCUT2D eigenvalue weighted by Crippen LogP contribution is -2.42. The first-order valence-corrected chi connectivity index (χ1v) is 7.06. The molecular weight excluding hydrogens is 214 g/mol. The predicted molar refractivity (Wildman–Crippen MR) is 61.3 cm³/mol. The summed E-state index contributed by atoms with van der Waals surface area (Å²) in [6.45, 7) is 5.04. The van der Waals surface area contributed by atoms with Crippen molar-refractivity contribution in [2.75, 3.05) is 19.8 Å². The molecule has 0 rings (SSSR count). The van der Waals surface area contributed by atoms with Crippen LogP contribution in [0, 0.1) is 0 Å². The normalized spacial score (nSPS) is 11.4. The third kappa shape index (κ3) is 7.31. The highest BCUT2D eigenvalue weighted by Crippen LogP contribution is 2.12. The number of hydrogen-bond acceptors (Lipinski definition) is 4. The quantitative estimate of drug-likeness (QED) is 0.231. The van der Waals surface area contributed by atoms with Gasteiger partial charge in [-0.3, -0.25) is 4.99 Å². The summed E-state index contributed by atoms with van der Waals surface area (Å²) < 4.78 is 10.5. The van der Waals surface area contributed by atoms with Gasteiger partial charge in [-0.2, -0.15) is 0 Å². The summed E-state index contributed by atoms with van der Waals surface area (Å²) in [6, 6.07) is 0.478. The van der Waals surface area contributed by atoms with E-state index >= 15 is 0 Å². The minimum atomic E-state index is -2.97. The molecule has 0 aromatic rings. The summed E-state index contributed by atoms with van der Waals surface area (Å²) in [6.07, 6.45) is 0.653. The molecule has 0 atom stereocenters. The number of guanidine groups is 1. The van der Waals surface area contributed by atoms with Gasteiger partial charge in [0, 0.05) is 25.8 Å². The molecule has 0 amide bonds. The van der Waals surface area contributed by atoms with Gasteiger partial charge in [0.15, 0.2) is 5.96 Å². The zero-order valence-corrected chi connectivity index (χ0v) is 10.4. The molecule has 0 aliphatic rings. The second kappa shape index (κ2) is 7.63. The number of rotatable bonds is 8. The first-order valence-electron chi connectivity index (χ1n) is 5.09. The van der Waals surface area contributed by atoms with Gasteiger partial charge in [0.05, 0.1) is 0 Å². The van der Waals surface area contributed by atoms with Crippen LogP contribution in [-0.4, -0.2) is 39.3 Å². The Morgan fingerprint density at radius 2 is 1.80 bits per heavy atom. The molecule has 15 heavy (non-hydrogen) atoms. The molecule has 0 radical (unpaired) electrons. The van der Waals surface area contributed by atoms with E-state index in [4.69, 9.17) is 20.3 Å². The van der Waals surface area contributed by atoms with Gasteiger partial charge in [0.25, 0.3) is 0 Å². The molecule has 0 unspecified atom stereocenters. The Morgan fingerprint density at radius 1 is 1.27 bits per heavy atom. The van der Waals surface area contributed by atoms with Crippen LogP contribution in [0.1, 0.15) is 20.3 Å². The van der Waals surface area contributed by atoms with Crippen LogP contribution in [0.25, 0.3) is 0 Å². The van der Waals surface area contributed by atoms with Crippen molar-refractivity contribution in [3.63, 3.8) is 0 Å². The van der Waals surface area contributed by atoms with E-state index in [1.54, 1.807) is 0 Å². The van der Waals surface area contributed by atoms with Crippen molar-refractivity contribution in [1.82, 2.24) is 0 Å². The maximum Gasteiger partial charge on any atom is 0.498 e. The van der Waals surface area contributed by atoms with Gasteiger partial charge in [-0.25, -0.2) is 0 Å². The summed E-state index contributed by atoms with van der Waals surface area (Å²) in [7, 11) is -2.97. The van der Waals surface area contributed by atoms with Gasteiger partial charge in [-0.1, -0.05) is 0 Å². The largest absolute Gasteiger partial charge is 0.498 e. The third-order valence-electron chi connectivity index (χ3n) is 1.68. The molecule has 0 bridgehead atoms. The minimum absolute atomic E-state index is 0.0630. The van der Waals surface area contributed by atoms with Gasteiger partial charge in [-0.05, 0) is 20.3 Å². The summed E-state index contributed by atoms with van der Waals surface area (Å²) in [4.78, 5) is 13.8. The average Bonchev–Trinajstić information content (AvgIpc) is 2.13. The summed E-state index contributed by atoms with van der Waals surface area (Å²) >= 11 is 0. The first kappa shape index (κ1) is 14.4. The number of hydrogen-bond donors (Lipinski definition) is 3. The molecule has 0 aromatic carbocycles. The monoisotopic (exact) mass is 235 g/mol. The van der Waals surface area contributed by atoms with E-state index in [0.29, 0.717) is 32.2 Å².